The van der Waals surface area contributed by atoms with Crippen LogP contribution >= 0.6 is 0 Å². The maximum atomic E-state index is 12.3. The number of pyridine rings is 1. The van der Waals surface area contributed by atoms with Crippen molar-refractivity contribution < 1.29 is 4.79 Å². The van der Waals surface area contributed by atoms with Crippen molar-refractivity contribution in [1.82, 2.24) is 9.38 Å². The van der Waals surface area contributed by atoms with E-state index in [1.165, 1.54) is 5.56 Å². The number of aromatic nitrogens is 2. The first kappa shape index (κ1) is 15.3. The molecule has 0 aliphatic rings. The van der Waals surface area contributed by atoms with Gasteiger partial charge in [-0.2, -0.15) is 0 Å². The van der Waals surface area contributed by atoms with Gasteiger partial charge in [0, 0.05) is 23.8 Å². The second-order valence-corrected chi connectivity index (χ2v) is 6.72. The van der Waals surface area contributed by atoms with Crippen LogP contribution in [0.25, 0.3) is 5.65 Å². The first-order valence-electron chi connectivity index (χ1n) is 7.75. The summed E-state index contributed by atoms with van der Waals surface area (Å²) in [7, 11) is 0. The standard InChI is InChI=1S/C19H21N3O/c1-19(2,3)14-7-9-15(10-8-14)21-18(23)13-16-5-4-6-17-20-11-12-22(16)17/h4-12H,13H2,1-3H3,(H,21,23). The molecule has 1 aromatic carbocycles. The Morgan fingerprint density at radius 1 is 1.13 bits per heavy atom. The normalized spacial score (nSPS) is 11.6. The van der Waals surface area contributed by atoms with Crippen LogP contribution < -0.4 is 5.32 Å². The molecule has 0 unspecified atom stereocenters. The minimum Gasteiger partial charge on any atom is -0.326 e. The lowest BCUT2D eigenvalue weighted by molar-refractivity contribution is -0.115. The zero-order chi connectivity index (χ0) is 16.4. The molecule has 0 radical (unpaired) electrons. The lowest BCUT2D eigenvalue weighted by atomic mass is 9.87. The average molecular weight is 307 g/mol. The number of nitrogens with zero attached hydrogens (tertiary/aromatic N) is 2. The van der Waals surface area contributed by atoms with Crippen LogP contribution in [0.3, 0.4) is 0 Å². The van der Waals surface area contributed by atoms with Crippen molar-refractivity contribution in [2.45, 2.75) is 32.6 Å². The van der Waals surface area contributed by atoms with Crippen molar-refractivity contribution in [3.05, 3.63) is 66.1 Å². The van der Waals surface area contributed by atoms with Gasteiger partial charge < -0.3 is 9.72 Å². The third kappa shape index (κ3) is 3.42. The number of carbonyl (C=O) groups is 1. The van der Waals surface area contributed by atoms with Crippen LogP contribution in [0, 0.1) is 0 Å². The number of benzene rings is 1. The molecule has 3 rings (SSSR count). The fourth-order valence-electron chi connectivity index (χ4n) is 2.57. The summed E-state index contributed by atoms with van der Waals surface area (Å²) in [6.07, 6.45) is 3.92. The van der Waals surface area contributed by atoms with Gasteiger partial charge in [0.25, 0.3) is 0 Å². The molecule has 118 valence electrons. The maximum Gasteiger partial charge on any atom is 0.230 e. The molecule has 4 nitrogen and oxygen atoms in total. The second-order valence-electron chi connectivity index (χ2n) is 6.72. The highest BCUT2D eigenvalue weighted by Gasteiger charge is 2.13. The van der Waals surface area contributed by atoms with Gasteiger partial charge in [-0.1, -0.05) is 39.0 Å². The zero-order valence-corrected chi connectivity index (χ0v) is 13.7. The van der Waals surface area contributed by atoms with E-state index < -0.39 is 0 Å². The smallest absolute Gasteiger partial charge is 0.230 e. The lowest BCUT2D eigenvalue weighted by Crippen LogP contribution is -2.16. The van der Waals surface area contributed by atoms with E-state index in [0.717, 1.165) is 17.0 Å². The van der Waals surface area contributed by atoms with Gasteiger partial charge in [0.2, 0.25) is 5.91 Å². The van der Waals surface area contributed by atoms with Crippen LogP contribution in [0.5, 0.6) is 0 Å². The van der Waals surface area contributed by atoms with E-state index in [9.17, 15) is 4.79 Å². The highest BCUT2D eigenvalue weighted by Crippen LogP contribution is 2.23. The number of rotatable bonds is 3. The van der Waals surface area contributed by atoms with Crippen LogP contribution in [0.2, 0.25) is 0 Å². The van der Waals surface area contributed by atoms with Crippen molar-refractivity contribution in [2.24, 2.45) is 0 Å². The molecule has 0 aliphatic carbocycles. The number of carbonyl (C=O) groups excluding carboxylic acids is 1. The molecule has 0 saturated heterocycles. The molecule has 1 amide bonds. The van der Waals surface area contributed by atoms with E-state index in [-0.39, 0.29) is 11.3 Å². The molecule has 0 spiro atoms. The molecule has 0 atom stereocenters. The number of hydrogen-bond donors (Lipinski definition) is 1. The summed E-state index contributed by atoms with van der Waals surface area (Å²) in [5, 5.41) is 2.95. The first-order valence-corrected chi connectivity index (χ1v) is 7.75. The van der Waals surface area contributed by atoms with Crippen LogP contribution in [0.1, 0.15) is 32.0 Å². The fourth-order valence-corrected chi connectivity index (χ4v) is 2.57. The molecular weight excluding hydrogens is 286 g/mol. The Morgan fingerprint density at radius 3 is 2.57 bits per heavy atom. The van der Waals surface area contributed by atoms with Gasteiger partial charge in [0.1, 0.15) is 5.65 Å². The summed E-state index contributed by atoms with van der Waals surface area (Å²) in [4.78, 5) is 16.5. The van der Waals surface area contributed by atoms with Crippen molar-refractivity contribution in [1.29, 1.82) is 0 Å². The molecule has 0 saturated carbocycles. The summed E-state index contributed by atoms with van der Waals surface area (Å²) < 4.78 is 1.93. The van der Waals surface area contributed by atoms with E-state index in [0.29, 0.717) is 6.42 Å². The van der Waals surface area contributed by atoms with E-state index in [1.54, 1.807) is 6.20 Å². The monoisotopic (exact) mass is 307 g/mol. The molecule has 2 heterocycles. The molecule has 0 aliphatic heterocycles. The first-order chi connectivity index (χ1) is 10.9. The summed E-state index contributed by atoms with van der Waals surface area (Å²) in [5.41, 5.74) is 3.95. The van der Waals surface area contributed by atoms with Crippen molar-refractivity contribution >= 4 is 17.2 Å². The number of hydrogen-bond acceptors (Lipinski definition) is 2. The number of imidazole rings is 1. The van der Waals surface area contributed by atoms with E-state index in [2.05, 4.69) is 43.2 Å². The molecule has 0 fully saturated rings. The van der Waals surface area contributed by atoms with Gasteiger partial charge in [-0.15, -0.1) is 0 Å². The number of anilines is 1. The zero-order valence-electron chi connectivity index (χ0n) is 13.7. The molecular formula is C19H21N3O. The fraction of sp³-hybridized carbons (Fsp3) is 0.263. The topological polar surface area (TPSA) is 46.4 Å². The third-order valence-electron chi connectivity index (χ3n) is 3.89. The third-order valence-corrected chi connectivity index (χ3v) is 3.89. The van der Waals surface area contributed by atoms with Crippen LogP contribution in [0.4, 0.5) is 5.69 Å². The second kappa shape index (κ2) is 5.88. The van der Waals surface area contributed by atoms with Gasteiger partial charge in [-0.3, -0.25) is 4.79 Å². The van der Waals surface area contributed by atoms with Crippen molar-refractivity contribution in [2.75, 3.05) is 5.32 Å². The van der Waals surface area contributed by atoms with Crippen LogP contribution in [-0.4, -0.2) is 15.3 Å². The molecule has 1 N–H and O–H groups in total. The minimum absolute atomic E-state index is 0.0327. The van der Waals surface area contributed by atoms with Crippen LogP contribution in [0.15, 0.2) is 54.9 Å². The quantitative estimate of drug-likeness (QED) is 0.799. The van der Waals surface area contributed by atoms with Crippen molar-refractivity contribution in [3.63, 3.8) is 0 Å². The van der Waals surface area contributed by atoms with E-state index in [4.69, 9.17) is 0 Å². The predicted molar refractivity (Wildman–Crippen MR) is 92.7 cm³/mol. The number of amides is 1. The van der Waals surface area contributed by atoms with Gasteiger partial charge in [0.15, 0.2) is 0 Å². The van der Waals surface area contributed by atoms with Gasteiger partial charge >= 0.3 is 0 Å². The Labute approximate surface area is 136 Å². The number of nitrogens with one attached hydrogen (secondary N) is 1. The Kier molecular flexibility index (Phi) is 3.90. The largest absolute Gasteiger partial charge is 0.326 e. The van der Waals surface area contributed by atoms with Gasteiger partial charge in [-0.05, 0) is 35.2 Å². The number of fused-ring (bicyclic) bond motifs is 1. The van der Waals surface area contributed by atoms with Crippen molar-refractivity contribution in [3.8, 4) is 0 Å². The molecule has 2 aromatic heterocycles. The highest BCUT2D eigenvalue weighted by molar-refractivity contribution is 5.92. The minimum atomic E-state index is -0.0327. The highest BCUT2D eigenvalue weighted by atomic mass is 16.1. The SMILES string of the molecule is CC(C)(C)c1ccc(NC(=O)Cc2cccc3nccn23)cc1. The molecule has 4 heteroatoms. The molecule has 0 bridgehead atoms. The summed E-state index contributed by atoms with van der Waals surface area (Å²) in [6.45, 7) is 6.52. The summed E-state index contributed by atoms with van der Waals surface area (Å²) in [5.74, 6) is -0.0327. The average Bonchev–Trinajstić information content (AvgIpc) is 2.96. The van der Waals surface area contributed by atoms with Crippen LogP contribution in [-0.2, 0) is 16.6 Å². The molecule has 23 heavy (non-hydrogen) atoms. The molecule has 3 aromatic rings. The summed E-state index contributed by atoms with van der Waals surface area (Å²) >= 11 is 0. The predicted octanol–water partition coefficient (Wildman–Crippen LogP) is 3.81. The van der Waals surface area contributed by atoms with Gasteiger partial charge in [0.05, 0.1) is 6.42 Å². The van der Waals surface area contributed by atoms with Gasteiger partial charge in [-0.25, -0.2) is 4.98 Å². The lowest BCUT2D eigenvalue weighted by Gasteiger charge is -2.19. The Bertz CT molecular complexity index is 826. The maximum absolute atomic E-state index is 12.3. The summed E-state index contributed by atoms with van der Waals surface area (Å²) in [6, 6.07) is 13.8. The Morgan fingerprint density at radius 2 is 1.87 bits per heavy atom. The Hall–Kier alpha value is -2.62. The Balaban J connectivity index is 1.71. The van der Waals surface area contributed by atoms with E-state index >= 15 is 0 Å². The van der Waals surface area contributed by atoms with E-state index in [1.807, 2.05) is 40.9 Å².